The van der Waals surface area contributed by atoms with Crippen LogP contribution in [0, 0.1) is 0 Å². The number of aromatic carboxylic acids is 1. The van der Waals surface area contributed by atoms with Gasteiger partial charge in [0.2, 0.25) is 0 Å². The molecule has 0 unspecified atom stereocenters. The number of carboxylic acids is 1. The Hall–Kier alpha value is -1.52. The number of hydrogen-bond acceptors (Lipinski definition) is 42. The van der Waals surface area contributed by atoms with Gasteiger partial charge in [-0.3, -0.25) is 0 Å². The van der Waals surface area contributed by atoms with Crippen LogP contribution in [0.1, 0.15) is 10.4 Å². The third-order valence-electron chi connectivity index (χ3n) is 18.2. The number of hydrogen-bond donors (Lipinski definition) is 23. The van der Waals surface area contributed by atoms with Gasteiger partial charge in [0.05, 0.1) is 58.3 Å². The molecule has 0 spiro atoms. The van der Waals surface area contributed by atoms with Crippen LogP contribution in [0.15, 0.2) is 29.2 Å². The van der Waals surface area contributed by atoms with E-state index in [1.165, 1.54) is 24.3 Å². The predicted molar refractivity (Wildman–Crippen MR) is 295 cm³/mol. The third-order valence-corrected chi connectivity index (χ3v) is 19.3. The van der Waals surface area contributed by atoms with E-state index >= 15 is 0 Å². The molecule has 41 nitrogen and oxygen atoms in total. The van der Waals surface area contributed by atoms with Gasteiger partial charge in [-0.1, -0.05) is 12.1 Å². The van der Waals surface area contributed by atoms with Gasteiger partial charge in [0, 0.05) is 10.6 Å². The normalized spacial score (nSPS) is 50.7. The van der Waals surface area contributed by atoms with E-state index in [0.717, 1.165) is 11.8 Å². The molecule has 556 valence electrons. The SMILES string of the molecule is O=C([O-])c1cccc(SC[C@H]2O[C@@H]3O[C@H]4[C@H](O)[C@@H](O)[C@@H](O[C@H]5[C@H](O)[C@@H](O)[C@@H](O[C@H]6[C@H](O)[C@@H](O)[C@@H](O[C@H]7[C@H](O)[C@@H](O)[C@@H](O[C@H]8[C@@H](O)[C@H](O)[C@@H](O[C@H]9[C@H](O)[C@@H](O)[C@@H](O[C@H]%10[C@@H](O)[C@@H](O)[C@@H](O[C@H]2[C@H](O)[C@H]3O)O[C@@H]%10CO)O[C@@H]9CO)O[C@@H]8CO)O[C@@H]7CO)O[C@@H]6CO)O[C@@H]5CO)O[C@@H]4CO)c1.[Na+]. The van der Waals surface area contributed by atoms with Crippen molar-refractivity contribution in [3.05, 3.63) is 29.8 Å². The molecule has 16 bridgehead atoms. The minimum Gasteiger partial charge on any atom is -0.545 e. The van der Waals surface area contributed by atoms with Gasteiger partial charge < -0.3 is 203 Å². The van der Waals surface area contributed by atoms with Crippen LogP contribution in [-0.2, 0) is 75.8 Å². The number of carbonyl (C=O) groups excluding carboxylic acids is 1. The van der Waals surface area contributed by atoms with E-state index in [-0.39, 0.29) is 45.8 Å². The molecule has 30 heterocycles. The van der Waals surface area contributed by atoms with Crippen LogP contribution in [-0.4, -0.2) is 421 Å². The molecule has 0 amide bonds. The minimum atomic E-state index is -2.28. The molecule has 0 aliphatic carbocycles. The van der Waals surface area contributed by atoms with Gasteiger partial charge >= 0.3 is 29.6 Å². The Bertz CT molecular complexity index is 2640. The van der Waals surface area contributed by atoms with Crippen molar-refractivity contribution < 1.29 is 233 Å². The summed E-state index contributed by atoms with van der Waals surface area (Å²) in [6.45, 7) is -7.68. The van der Waals surface area contributed by atoms with Gasteiger partial charge in [0.25, 0.3) is 0 Å². The summed E-state index contributed by atoms with van der Waals surface area (Å²) in [5.41, 5.74) is -0.270. The van der Waals surface area contributed by atoms with Crippen molar-refractivity contribution >= 4 is 17.7 Å². The maximum Gasteiger partial charge on any atom is 1.00 e. The van der Waals surface area contributed by atoms with Crippen LogP contribution in [0.5, 0.6) is 0 Å². The van der Waals surface area contributed by atoms with Gasteiger partial charge in [0.15, 0.2) is 50.3 Å². The Morgan fingerprint density at radius 2 is 0.480 bits per heavy atom. The topological polar surface area (TPSA) is 653 Å². The van der Waals surface area contributed by atoms with Crippen molar-refractivity contribution in [2.24, 2.45) is 0 Å². The molecule has 30 fully saturated rings. The molecular formula is C55H83NaO41S. The largest absolute Gasteiger partial charge is 1.00 e. The van der Waals surface area contributed by atoms with E-state index in [1.807, 2.05) is 0 Å². The fraction of sp³-hybridized carbons (Fsp3) is 0.873. The number of aliphatic hydroxyl groups is 23. The van der Waals surface area contributed by atoms with Crippen LogP contribution in [0.2, 0.25) is 0 Å². The van der Waals surface area contributed by atoms with Crippen LogP contribution in [0.25, 0.3) is 0 Å². The Morgan fingerprint density at radius 3 is 0.663 bits per heavy atom. The third kappa shape index (κ3) is 16.5. The number of rotatable bonds is 11. The molecule has 30 aliphatic heterocycles. The van der Waals surface area contributed by atoms with Gasteiger partial charge in [-0.25, -0.2) is 0 Å². The number of carboxylic acid groups (broad SMARTS) is 1. The van der Waals surface area contributed by atoms with Gasteiger partial charge in [-0.05, 0) is 17.7 Å². The summed E-state index contributed by atoms with van der Waals surface area (Å²) >= 11 is 0.859. The molecular weight excluding hydrogens is 1370 g/mol. The molecule has 0 saturated carbocycles. The van der Waals surface area contributed by atoms with E-state index in [0.29, 0.717) is 0 Å². The Kier molecular flexibility index (Phi) is 28.6. The maximum atomic E-state index is 11.9. The minimum absolute atomic E-state index is 0. The van der Waals surface area contributed by atoms with Crippen LogP contribution < -0.4 is 34.7 Å². The second-order valence-electron chi connectivity index (χ2n) is 24.4. The van der Waals surface area contributed by atoms with E-state index in [2.05, 4.69) is 0 Å². The molecule has 0 radical (unpaired) electrons. The summed E-state index contributed by atoms with van der Waals surface area (Å²) in [4.78, 5) is 12.0. The summed E-state index contributed by atoms with van der Waals surface area (Å²) in [7, 11) is 0. The number of benzene rings is 1. The fourth-order valence-electron chi connectivity index (χ4n) is 12.8. The molecule has 98 heavy (non-hydrogen) atoms. The van der Waals surface area contributed by atoms with E-state index in [4.69, 9.17) is 75.8 Å². The molecule has 43 heteroatoms. The van der Waals surface area contributed by atoms with Crippen molar-refractivity contribution in [1.29, 1.82) is 0 Å². The van der Waals surface area contributed by atoms with Gasteiger partial charge in [-0.2, -0.15) is 0 Å². The van der Waals surface area contributed by atoms with Crippen LogP contribution >= 0.6 is 11.8 Å². The average Bonchev–Trinajstić information content (AvgIpc) is 0.795. The number of thioether (sulfide) groups is 1. The maximum absolute atomic E-state index is 11.9. The molecule has 31 rings (SSSR count). The summed E-state index contributed by atoms with van der Waals surface area (Å²) in [6, 6.07) is 5.24. The number of aliphatic hydroxyl groups excluding tert-OH is 23. The van der Waals surface area contributed by atoms with Crippen molar-refractivity contribution in [2.75, 3.05) is 52.0 Å². The summed E-state index contributed by atoms with van der Waals surface area (Å²) in [5.74, 6) is -1.95. The Morgan fingerprint density at radius 1 is 0.296 bits per heavy atom. The summed E-state index contributed by atoms with van der Waals surface area (Å²) in [5, 5.41) is 270. The van der Waals surface area contributed by atoms with Gasteiger partial charge in [0.1, 0.15) is 189 Å². The molecule has 1 aromatic rings. The first-order valence-corrected chi connectivity index (χ1v) is 31.8. The number of carbonyl (C=O) groups is 1. The zero-order valence-electron chi connectivity index (χ0n) is 51.6. The van der Waals surface area contributed by atoms with Crippen LogP contribution in [0.3, 0.4) is 0 Å². The Balaban J connectivity index is 0.0000112. The average molecular weight is 1460 g/mol. The zero-order chi connectivity index (χ0) is 70.3. The van der Waals surface area contributed by atoms with E-state index in [9.17, 15) is 127 Å². The first-order chi connectivity index (χ1) is 46.2. The van der Waals surface area contributed by atoms with Crippen molar-refractivity contribution in [2.45, 2.75) is 251 Å². The first kappa shape index (κ1) is 80.6. The molecule has 23 N–H and O–H groups in total. The quantitative estimate of drug-likeness (QED) is 0.0723. The fourth-order valence-corrected chi connectivity index (χ4v) is 13.8. The molecule has 30 saturated heterocycles. The van der Waals surface area contributed by atoms with E-state index in [1.54, 1.807) is 0 Å². The van der Waals surface area contributed by atoms with Crippen molar-refractivity contribution in [3.63, 3.8) is 0 Å². The summed E-state index contributed by atoms with van der Waals surface area (Å²) < 4.78 is 92.7. The smallest absolute Gasteiger partial charge is 0.545 e. The van der Waals surface area contributed by atoms with Crippen molar-refractivity contribution in [3.8, 4) is 0 Å². The Labute approximate surface area is 580 Å². The van der Waals surface area contributed by atoms with E-state index < -0.39 is 298 Å². The standard InChI is InChI=1S/C55H84O41S.Na/c56-5-15-39-23(63)31(71)48(81-15)90-40-16(6-57)83-50(33(73)25(40)65)92-42-18(8-59)85-52(35(75)27(42)67)94-44-20(10-61)87-54(37(77)29(44)69)96-46-22(12-97-14-3-1-2-13(4-14)47(79)80)88-55(38(78)30(46)70)95-45-21(11-62)86-53(36(76)28(45)68)93-43-19(9-60)84-51(34(74)26(43)66)91-41-17(7-58)82-49(89-39)32(72)24(41)64;/h1-4,15-46,48-78H,5-12H2,(H,79,80);/q;+1/p-1/t15-,16-,17-,18-,19-,20-,21-,22-,23-,24-,25+,26-,27-,28-,29+,30-,31-,32-,33+,34-,35-,36-,37-,38-,39-,40-,41-,42-,43-,44-,45-,46-,48-,49-,50-,51-,52-,53-,54-,55-;/m1./s1. The van der Waals surface area contributed by atoms with Gasteiger partial charge in [-0.15, -0.1) is 11.8 Å². The van der Waals surface area contributed by atoms with Crippen molar-refractivity contribution in [1.82, 2.24) is 0 Å². The number of ether oxygens (including phenoxy) is 16. The second kappa shape index (κ2) is 34.8. The molecule has 30 aliphatic rings. The van der Waals surface area contributed by atoms with Crippen LogP contribution in [0.4, 0.5) is 0 Å². The first-order valence-electron chi connectivity index (χ1n) is 30.8. The predicted octanol–water partition coefficient (Wildman–Crippen LogP) is -19.2. The molecule has 0 aromatic heterocycles. The zero-order valence-corrected chi connectivity index (χ0v) is 54.4. The molecule has 1 aromatic carbocycles. The molecule has 40 atom stereocenters. The second-order valence-corrected chi connectivity index (χ2v) is 25.5. The summed E-state index contributed by atoms with van der Waals surface area (Å²) in [6.07, 6.45) is -82.6. The monoisotopic (exact) mass is 1450 g/mol.